The topological polar surface area (TPSA) is 98.7 Å². The first kappa shape index (κ1) is 12.6. The lowest BCUT2D eigenvalue weighted by atomic mass is 10.3. The van der Waals surface area contributed by atoms with Gasteiger partial charge >= 0.3 is 5.97 Å². The highest BCUT2D eigenvalue weighted by atomic mass is 32.2. The van der Waals surface area contributed by atoms with E-state index in [2.05, 4.69) is 20.6 Å². The Morgan fingerprint density at radius 1 is 1.61 bits per heavy atom. The minimum atomic E-state index is -0.894. The zero-order valence-electron chi connectivity index (χ0n) is 9.67. The van der Waals surface area contributed by atoms with Crippen molar-refractivity contribution >= 4 is 17.7 Å². The van der Waals surface area contributed by atoms with Gasteiger partial charge in [0.25, 0.3) is 0 Å². The second kappa shape index (κ2) is 5.63. The zero-order chi connectivity index (χ0) is 13.0. The fourth-order valence-electron chi connectivity index (χ4n) is 1.44. The van der Waals surface area contributed by atoms with Gasteiger partial charge in [0.15, 0.2) is 0 Å². The van der Waals surface area contributed by atoms with Gasteiger partial charge in [-0.25, -0.2) is 4.68 Å². The molecule has 8 nitrogen and oxygen atoms in total. The molecule has 0 fully saturated rings. The molecule has 9 heteroatoms. The van der Waals surface area contributed by atoms with E-state index in [4.69, 9.17) is 5.11 Å². The third-order valence-electron chi connectivity index (χ3n) is 2.22. The van der Waals surface area contributed by atoms with Crippen molar-refractivity contribution in [3.63, 3.8) is 0 Å². The molecular weight excluding hydrogens is 256 g/mol. The van der Waals surface area contributed by atoms with Crippen LogP contribution >= 0.6 is 11.8 Å². The van der Waals surface area contributed by atoms with Gasteiger partial charge in [0.2, 0.25) is 5.16 Å². The molecule has 0 aliphatic heterocycles. The number of carbonyl (C=O) groups is 1. The fraction of sp³-hybridized carbons (Fsp3) is 0.444. The first-order valence-corrected chi connectivity index (χ1v) is 6.25. The van der Waals surface area contributed by atoms with E-state index in [-0.39, 0.29) is 11.8 Å². The predicted octanol–water partition coefficient (Wildman–Crippen LogP) is 0.307. The number of rotatable bonds is 6. The number of nitrogens with zero attached hydrogens (tertiary/aromatic N) is 6. The van der Waals surface area contributed by atoms with Crippen molar-refractivity contribution in [1.82, 2.24) is 30.0 Å². The number of carboxylic acids is 1. The summed E-state index contributed by atoms with van der Waals surface area (Å²) < 4.78 is 3.38. The summed E-state index contributed by atoms with van der Waals surface area (Å²) in [7, 11) is 0. The first-order valence-electron chi connectivity index (χ1n) is 5.26. The van der Waals surface area contributed by atoms with Gasteiger partial charge in [-0.05, 0) is 23.4 Å². The molecule has 2 rings (SSSR count). The average molecular weight is 268 g/mol. The Kier molecular flexibility index (Phi) is 3.92. The summed E-state index contributed by atoms with van der Waals surface area (Å²) in [6, 6.07) is 1.84. The van der Waals surface area contributed by atoms with Crippen LogP contribution in [0.5, 0.6) is 0 Å². The quantitative estimate of drug-likeness (QED) is 0.752. The van der Waals surface area contributed by atoms with Crippen LogP contribution in [0.2, 0.25) is 0 Å². The van der Waals surface area contributed by atoms with Crippen LogP contribution in [0.25, 0.3) is 0 Å². The summed E-state index contributed by atoms with van der Waals surface area (Å²) in [6.07, 6.45) is 3.55. The largest absolute Gasteiger partial charge is 0.481 e. The highest BCUT2D eigenvalue weighted by Crippen LogP contribution is 2.18. The maximum absolute atomic E-state index is 10.5. The molecule has 0 amide bonds. The molecule has 0 aromatic carbocycles. The molecule has 18 heavy (non-hydrogen) atoms. The lowest BCUT2D eigenvalue weighted by molar-refractivity contribution is -0.133. The molecule has 2 aromatic rings. The Morgan fingerprint density at radius 2 is 2.44 bits per heavy atom. The van der Waals surface area contributed by atoms with E-state index in [1.165, 1.54) is 0 Å². The van der Waals surface area contributed by atoms with Gasteiger partial charge in [0.1, 0.15) is 0 Å². The molecule has 0 aliphatic rings. The van der Waals surface area contributed by atoms with Crippen LogP contribution in [0, 0.1) is 0 Å². The summed E-state index contributed by atoms with van der Waals surface area (Å²) in [5.74, 6) is -0.955. The van der Waals surface area contributed by atoms with E-state index >= 15 is 0 Å². The summed E-state index contributed by atoms with van der Waals surface area (Å²) in [5, 5.41) is 24.5. The molecular formula is C9H12N6O2S. The second-order valence-electron chi connectivity index (χ2n) is 3.67. The number of carboxylic acid groups (broad SMARTS) is 1. The van der Waals surface area contributed by atoms with E-state index in [1.807, 2.05) is 19.2 Å². The Bertz CT molecular complexity index is 511. The van der Waals surface area contributed by atoms with Crippen molar-refractivity contribution in [2.75, 3.05) is 5.75 Å². The standard InChI is InChI=1S/C9H12N6O2S/c1-7(5-14-4-2-3-10-14)15-9(11-12-13-15)18-6-8(16)17/h2-4,7H,5-6H2,1H3,(H,16,17). The highest BCUT2D eigenvalue weighted by Gasteiger charge is 2.15. The minimum absolute atomic E-state index is 0.00352. The van der Waals surface area contributed by atoms with Gasteiger partial charge in [-0.3, -0.25) is 9.48 Å². The van der Waals surface area contributed by atoms with Crippen molar-refractivity contribution in [2.45, 2.75) is 24.7 Å². The van der Waals surface area contributed by atoms with Gasteiger partial charge in [0.05, 0.1) is 18.3 Å². The Labute approximate surface area is 107 Å². The van der Waals surface area contributed by atoms with Gasteiger partial charge in [-0.2, -0.15) is 5.10 Å². The summed E-state index contributed by atoms with van der Waals surface area (Å²) in [6.45, 7) is 2.57. The first-order chi connectivity index (χ1) is 8.66. The molecule has 0 saturated heterocycles. The number of thioether (sulfide) groups is 1. The van der Waals surface area contributed by atoms with Crippen LogP contribution in [-0.4, -0.2) is 46.8 Å². The van der Waals surface area contributed by atoms with Crippen molar-refractivity contribution < 1.29 is 9.90 Å². The smallest absolute Gasteiger partial charge is 0.313 e. The van der Waals surface area contributed by atoms with Crippen molar-refractivity contribution in [2.24, 2.45) is 0 Å². The van der Waals surface area contributed by atoms with Crippen LogP contribution in [0.15, 0.2) is 23.6 Å². The SMILES string of the molecule is CC(Cn1cccn1)n1nnnc1SCC(=O)O. The number of aliphatic carboxylic acids is 1. The van der Waals surface area contributed by atoms with Crippen LogP contribution in [0.4, 0.5) is 0 Å². The molecule has 1 N–H and O–H groups in total. The molecule has 0 bridgehead atoms. The van der Waals surface area contributed by atoms with E-state index in [1.54, 1.807) is 15.6 Å². The van der Waals surface area contributed by atoms with Gasteiger partial charge in [0, 0.05) is 12.4 Å². The molecule has 1 unspecified atom stereocenters. The number of hydrogen-bond acceptors (Lipinski definition) is 6. The molecule has 1 atom stereocenters. The second-order valence-corrected chi connectivity index (χ2v) is 4.61. The molecule has 0 radical (unpaired) electrons. The summed E-state index contributed by atoms with van der Waals surface area (Å²) >= 11 is 1.10. The van der Waals surface area contributed by atoms with Gasteiger partial charge in [-0.1, -0.05) is 11.8 Å². The van der Waals surface area contributed by atoms with Crippen LogP contribution in [0.1, 0.15) is 13.0 Å². The maximum Gasteiger partial charge on any atom is 0.313 e. The lowest BCUT2D eigenvalue weighted by Gasteiger charge is -2.12. The van der Waals surface area contributed by atoms with Crippen molar-refractivity contribution in [3.8, 4) is 0 Å². The molecule has 2 heterocycles. The Morgan fingerprint density at radius 3 is 3.11 bits per heavy atom. The normalized spacial score (nSPS) is 12.5. The molecule has 96 valence electrons. The van der Waals surface area contributed by atoms with Gasteiger partial charge in [-0.15, -0.1) is 5.10 Å². The van der Waals surface area contributed by atoms with E-state index < -0.39 is 5.97 Å². The molecule has 0 spiro atoms. The summed E-state index contributed by atoms with van der Waals surface area (Å²) in [4.78, 5) is 10.5. The minimum Gasteiger partial charge on any atom is -0.481 e. The number of hydrogen-bond donors (Lipinski definition) is 1. The maximum atomic E-state index is 10.5. The van der Waals surface area contributed by atoms with Crippen LogP contribution in [-0.2, 0) is 11.3 Å². The third-order valence-corrected chi connectivity index (χ3v) is 3.13. The fourth-order valence-corrected chi connectivity index (χ4v) is 2.14. The summed E-state index contributed by atoms with van der Waals surface area (Å²) in [5.41, 5.74) is 0. The number of tetrazole rings is 1. The predicted molar refractivity (Wildman–Crippen MR) is 63.1 cm³/mol. The lowest BCUT2D eigenvalue weighted by Crippen LogP contribution is -2.16. The van der Waals surface area contributed by atoms with E-state index in [0.717, 1.165) is 11.8 Å². The molecule has 2 aromatic heterocycles. The van der Waals surface area contributed by atoms with Crippen molar-refractivity contribution in [1.29, 1.82) is 0 Å². The van der Waals surface area contributed by atoms with Crippen LogP contribution < -0.4 is 0 Å². The average Bonchev–Trinajstić information content (AvgIpc) is 2.96. The number of aromatic nitrogens is 6. The van der Waals surface area contributed by atoms with Gasteiger partial charge < -0.3 is 5.11 Å². The Hall–Kier alpha value is -1.90. The van der Waals surface area contributed by atoms with E-state index in [0.29, 0.717) is 11.7 Å². The zero-order valence-corrected chi connectivity index (χ0v) is 10.5. The third kappa shape index (κ3) is 3.06. The monoisotopic (exact) mass is 268 g/mol. The van der Waals surface area contributed by atoms with Crippen molar-refractivity contribution in [3.05, 3.63) is 18.5 Å². The van der Waals surface area contributed by atoms with E-state index in [9.17, 15) is 4.79 Å². The molecule has 0 aliphatic carbocycles. The Balaban J connectivity index is 2.03. The van der Waals surface area contributed by atoms with Crippen LogP contribution in [0.3, 0.4) is 0 Å². The molecule has 0 saturated carbocycles. The highest BCUT2D eigenvalue weighted by molar-refractivity contribution is 7.99.